The van der Waals surface area contributed by atoms with Gasteiger partial charge in [0, 0.05) is 36.3 Å². The fraction of sp³-hybridized carbons (Fsp3) is 0.538. The molecule has 0 unspecified atom stereocenters. The molecule has 1 fully saturated rings. The highest BCUT2D eigenvalue weighted by molar-refractivity contribution is 9.10. The molecule has 0 saturated carbocycles. The maximum absolute atomic E-state index is 3.71. The number of nitrogens with one attached hydrogen (secondary N) is 1. The SMILES string of the molecule is Cc1cc(N2CCNCC2)c(C)c(Br)c1C. The summed E-state index contributed by atoms with van der Waals surface area (Å²) in [6.07, 6.45) is 0. The third-order valence-electron chi connectivity index (χ3n) is 3.45. The van der Waals surface area contributed by atoms with Crippen molar-refractivity contribution in [2.45, 2.75) is 20.8 Å². The predicted octanol–water partition coefficient (Wildman–Crippen LogP) is 2.78. The highest BCUT2D eigenvalue weighted by atomic mass is 79.9. The van der Waals surface area contributed by atoms with Gasteiger partial charge in [-0.1, -0.05) is 15.9 Å². The zero-order valence-electron chi connectivity index (χ0n) is 10.2. The summed E-state index contributed by atoms with van der Waals surface area (Å²) in [7, 11) is 0. The molecule has 0 bridgehead atoms. The van der Waals surface area contributed by atoms with E-state index in [9.17, 15) is 0 Å². The Morgan fingerprint density at radius 1 is 1.12 bits per heavy atom. The van der Waals surface area contributed by atoms with Crippen molar-refractivity contribution in [2.24, 2.45) is 0 Å². The number of aryl methyl sites for hydroxylation is 1. The molecule has 16 heavy (non-hydrogen) atoms. The van der Waals surface area contributed by atoms with Gasteiger partial charge in [-0.25, -0.2) is 0 Å². The smallest absolute Gasteiger partial charge is 0.0411 e. The van der Waals surface area contributed by atoms with Crippen LogP contribution in [0.2, 0.25) is 0 Å². The lowest BCUT2D eigenvalue weighted by Crippen LogP contribution is -2.43. The van der Waals surface area contributed by atoms with Gasteiger partial charge in [0.15, 0.2) is 0 Å². The molecular formula is C13H19BrN2. The maximum atomic E-state index is 3.71. The van der Waals surface area contributed by atoms with Crippen LogP contribution in [0.4, 0.5) is 5.69 Å². The molecule has 3 heteroatoms. The van der Waals surface area contributed by atoms with Gasteiger partial charge in [0.05, 0.1) is 0 Å². The Bertz CT molecular complexity index is 395. The van der Waals surface area contributed by atoms with Crippen LogP contribution in [0.5, 0.6) is 0 Å². The van der Waals surface area contributed by atoms with Crippen LogP contribution >= 0.6 is 15.9 Å². The van der Waals surface area contributed by atoms with Crippen molar-refractivity contribution < 1.29 is 0 Å². The fourth-order valence-electron chi connectivity index (χ4n) is 2.22. The lowest BCUT2D eigenvalue weighted by Gasteiger charge is -2.31. The van der Waals surface area contributed by atoms with E-state index < -0.39 is 0 Å². The zero-order chi connectivity index (χ0) is 11.7. The number of anilines is 1. The van der Waals surface area contributed by atoms with Gasteiger partial charge in [0.1, 0.15) is 0 Å². The fourth-order valence-corrected chi connectivity index (χ4v) is 2.74. The van der Waals surface area contributed by atoms with E-state index in [4.69, 9.17) is 0 Å². The molecular weight excluding hydrogens is 264 g/mol. The molecule has 0 aliphatic carbocycles. The Morgan fingerprint density at radius 2 is 1.75 bits per heavy atom. The molecule has 1 heterocycles. The summed E-state index contributed by atoms with van der Waals surface area (Å²) in [6, 6.07) is 2.32. The summed E-state index contributed by atoms with van der Waals surface area (Å²) in [5.74, 6) is 0. The lowest BCUT2D eigenvalue weighted by molar-refractivity contribution is 0.588. The first-order valence-corrected chi connectivity index (χ1v) is 6.62. The molecule has 0 radical (unpaired) electrons. The third kappa shape index (κ3) is 2.11. The van der Waals surface area contributed by atoms with Gasteiger partial charge >= 0.3 is 0 Å². The van der Waals surface area contributed by atoms with E-state index in [-0.39, 0.29) is 0 Å². The molecule has 0 aromatic heterocycles. The summed E-state index contributed by atoms with van der Waals surface area (Å²) >= 11 is 3.71. The predicted molar refractivity (Wildman–Crippen MR) is 73.4 cm³/mol. The van der Waals surface area contributed by atoms with Crippen LogP contribution in [0.3, 0.4) is 0 Å². The van der Waals surface area contributed by atoms with E-state index in [0.717, 1.165) is 26.2 Å². The van der Waals surface area contributed by atoms with Gasteiger partial charge in [-0.2, -0.15) is 0 Å². The minimum atomic E-state index is 1.09. The Balaban J connectivity index is 2.40. The minimum Gasteiger partial charge on any atom is -0.369 e. The van der Waals surface area contributed by atoms with Crippen LogP contribution in [0.15, 0.2) is 10.5 Å². The van der Waals surface area contributed by atoms with Crippen molar-refractivity contribution in [1.29, 1.82) is 0 Å². The number of halogens is 1. The second kappa shape index (κ2) is 4.76. The highest BCUT2D eigenvalue weighted by Crippen LogP contribution is 2.32. The van der Waals surface area contributed by atoms with Crippen molar-refractivity contribution in [2.75, 3.05) is 31.1 Å². The molecule has 1 aliphatic heterocycles. The molecule has 0 spiro atoms. The van der Waals surface area contributed by atoms with Crippen LogP contribution in [0.1, 0.15) is 16.7 Å². The first kappa shape index (κ1) is 11.9. The average molecular weight is 283 g/mol. The Morgan fingerprint density at radius 3 is 2.38 bits per heavy atom. The molecule has 0 amide bonds. The number of piperazine rings is 1. The molecule has 2 rings (SSSR count). The second-order valence-electron chi connectivity index (χ2n) is 4.51. The summed E-state index contributed by atoms with van der Waals surface area (Å²) in [4.78, 5) is 2.48. The first-order chi connectivity index (χ1) is 7.61. The molecule has 1 aromatic rings. The molecule has 1 N–H and O–H groups in total. The van der Waals surface area contributed by atoms with E-state index in [1.54, 1.807) is 0 Å². The van der Waals surface area contributed by atoms with Gasteiger partial charge in [0.25, 0.3) is 0 Å². The molecule has 0 atom stereocenters. The number of hydrogen-bond acceptors (Lipinski definition) is 2. The van der Waals surface area contributed by atoms with Crippen molar-refractivity contribution in [3.05, 3.63) is 27.2 Å². The summed E-state index contributed by atoms with van der Waals surface area (Å²) in [6.45, 7) is 11.0. The van der Waals surface area contributed by atoms with E-state index in [0.29, 0.717) is 0 Å². The third-order valence-corrected chi connectivity index (χ3v) is 4.63. The number of nitrogens with zero attached hydrogens (tertiary/aromatic N) is 1. The standard InChI is InChI=1S/C13H19BrN2/c1-9-8-12(11(3)13(14)10(9)2)16-6-4-15-5-7-16/h8,15H,4-7H2,1-3H3. The summed E-state index contributed by atoms with van der Waals surface area (Å²) in [5, 5.41) is 3.39. The topological polar surface area (TPSA) is 15.3 Å². The number of hydrogen-bond donors (Lipinski definition) is 1. The van der Waals surface area contributed by atoms with E-state index >= 15 is 0 Å². The van der Waals surface area contributed by atoms with Crippen molar-refractivity contribution in [3.63, 3.8) is 0 Å². The van der Waals surface area contributed by atoms with Crippen LogP contribution in [0.25, 0.3) is 0 Å². The van der Waals surface area contributed by atoms with Crippen LogP contribution in [-0.4, -0.2) is 26.2 Å². The Labute approximate surface area is 106 Å². The Hall–Kier alpha value is -0.540. The normalized spacial score (nSPS) is 16.6. The number of benzene rings is 1. The lowest BCUT2D eigenvalue weighted by atomic mass is 10.0. The van der Waals surface area contributed by atoms with Gasteiger partial charge in [0.2, 0.25) is 0 Å². The molecule has 88 valence electrons. The maximum Gasteiger partial charge on any atom is 0.0411 e. The van der Waals surface area contributed by atoms with Crippen LogP contribution < -0.4 is 10.2 Å². The first-order valence-electron chi connectivity index (χ1n) is 5.83. The van der Waals surface area contributed by atoms with Gasteiger partial charge in [-0.15, -0.1) is 0 Å². The van der Waals surface area contributed by atoms with Gasteiger partial charge < -0.3 is 10.2 Å². The summed E-state index contributed by atoms with van der Waals surface area (Å²) < 4.78 is 1.26. The van der Waals surface area contributed by atoms with Crippen LogP contribution in [-0.2, 0) is 0 Å². The molecule has 1 saturated heterocycles. The van der Waals surface area contributed by atoms with Crippen molar-refractivity contribution >= 4 is 21.6 Å². The van der Waals surface area contributed by atoms with E-state index in [2.05, 4.69) is 53.0 Å². The second-order valence-corrected chi connectivity index (χ2v) is 5.31. The molecule has 2 nitrogen and oxygen atoms in total. The molecule has 1 aromatic carbocycles. The average Bonchev–Trinajstić information content (AvgIpc) is 2.32. The zero-order valence-corrected chi connectivity index (χ0v) is 11.8. The summed E-state index contributed by atoms with van der Waals surface area (Å²) in [5.41, 5.74) is 5.48. The molecule has 1 aliphatic rings. The van der Waals surface area contributed by atoms with Gasteiger partial charge in [-0.3, -0.25) is 0 Å². The van der Waals surface area contributed by atoms with Gasteiger partial charge in [-0.05, 0) is 43.5 Å². The Kier molecular flexibility index (Phi) is 3.55. The highest BCUT2D eigenvalue weighted by Gasteiger charge is 2.15. The quantitative estimate of drug-likeness (QED) is 0.852. The number of rotatable bonds is 1. The minimum absolute atomic E-state index is 1.09. The monoisotopic (exact) mass is 282 g/mol. The van der Waals surface area contributed by atoms with Crippen molar-refractivity contribution in [3.8, 4) is 0 Å². The largest absolute Gasteiger partial charge is 0.369 e. The van der Waals surface area contributed by atoms with E-state index in [1.165, 1.54) is 26.9 Å². The van der Waals surface area contributed by atoms with E-state index in [1.807, 2.05) is 0 Å². The van der Waals surface area contributed by atoms with Crippen molar-refractivity contribution in [1.82, 2.24) is 5.32 Å². The van der Waals surface area contributed by atoms with Crippen LogP contribution in [0, 0.1) is 20.8 Å².